The zero-order valence-electron chi connectivity index (χ0n) is 5.82. The van der Waals surface area contributed by atoms with Crippen molar-refractivity contribution in [1.82, 2.24) is 5.32 Å². The number of rotatable bonds is 5. The zero-order chi connectivity index (χ0) is 6.24. The van der Waals surface area contributed by atoms with Gasteiger partial charge in [0.2, 0.25) is 0 Å². The second-order valence-corrected chi connectivity index (χ2v) is 1.75. The van der Waals surface area contributed by atoms with Crippen LogP contribution in [-0.2, 0) is 0 Å². The first kappa shape index (κ1) is 11.9. The van der Waals surface area contributed by atoms with Crippen LogP contribution in [0.5, 0.6) is 0 Å². The van der Waals surface area contributed by atoms with Crippen LogP contribution < -0.4 is 5.32 Å². The third-order valence-corrected chi connectivity index (χ3v) is 0.987. The lowest BCUT2D eigenvalue weighted by atomic mass is 10.3. The molecule has 0 aliphatic heterocycles. The summed E-state index contributed by atoms with van der Waals surface area (Å²) in [6, 6.07) is 0. The molecule has 0 atom stereocenters. The van der Waals surface area contributed by atoms with E-state index in [4.69, 9.17) is 0 Å². The van der Waals surface area contributed by atoms with Gasteiger partial charge in [-0.25, -0.2) is 0 Å². The lowest BCUT2D eigenvalue weighted by Crippen LogP contribution is -2.13. The van der Waals surface area contributed by atoms with Gasteiger partial charge in [0.1, 0.15) is 0 Å². The minimum Gasteiger partial charge on any atom is -0.317 e. The highest BCUT2D eigenvalue weighted by atomic mass is 35.5. The van der Waals surface area contributed by atoms with Crippen molar-refractivity contribution in [3.63, 3.8) is 0 Å². The minimum absolute atomic E-state index is 0. The van der Waals surface area contributed by atoms with Crippen molar-refractivity contribution >= 4 is 12.4 Å². The molecule has 0 aromatic carbocycles. The number of hydrogen-bond acceptors (Lipinski definition) is 1. The molecule has 3 heteroatoms. The summed E-state index contributed by atoms with van der Waals surface area (Å²) < 4.78 is 11.4. The molecule has 0 fully saturated rings. The van der Waals surface area contributed by atoms with Crippen LogP contribution in [0.25, 0.3) is 0 Å². The lowest BCUT2D eigenvalue weighted by Gasteiger charge is -1.96. The van der Waals surface area contributed by atoms with E-state index in [0.717, 1.165) is 19.5 Å². The molecule has 0 aliphatic carbocycles. The van der Waals surface area contributed by atoms with Crippen molar-refractivity contribution < 1.29 is 4.39 Å². The van der Waals surface area contributed by atoms with E-state index in [0.29, 0.717) is 6.42 Å². The predicted molar refractivity (Wildman–Crippen MR) is 41.0 cm³/mol. The smallest absolute Gasteiger partial charge is 0.0894 e. The number of hydrogen-bond donors (Lipinski definition) is 1. The van der Waals surface area contributed by atoms with E-state index in [-0.39, 0.29) is 19.1 Å². The molecule has 0 saturated carbocycles. The third-order valence-electron chi connectivity index (χ3n) is 0.987. The van der Waals surface area contributed by atoms with Crippen LogP contribution >= 0.6 is 12.4 Å². The first-order valence-corrected chi connectivity index (χ1v) is 3.18. The Labute approximate surface area is 62.4 Å². The maximum Gasteiger partial charge on any atom is 0.0894 e. The van der Waals surface area contributed by atoms with Gasteiger partial charge in [-0.1, -0.05) is 6.92 Å². The molecular weight excluding hydrogens is 141 g/mol. The highest BCUT2D eigenvalue weighted by Crippen LogP contribution is 1.85. The van der Waals surface area contributed by atoms with Gasteiger partial charge in [0.05, 0.1) is 6.67 Å². The summed E-state index contributed by atoms with van der Waals surface area (Å²) in [5.41, 5.74) is 0. The Morgan fingerprint density at radius 2 is 2.00 bits per heavy atom. The lowest BCUT2D eigenvalue weighted by molar-refractivity contribution is 0.456. The van der Waals surface area contributed by atoms with Crippen molar-refractivity contribution in [2.24, 2.45) is 0 Å². The zero-order valence-corrected chi connectivity index (χ0v) is 6.64. The molecule has 0 aromatic heterocycles. The van der Waals surface area contributed by atoms with Crippen molar-refractivity contribution in [3.8, 4) is 0 Å². The summed E-state index contributed by atoms with van der Waals surface area (Å²) in [6.07, 6.45) is 1.66. The van der Waals surface area contributed by atoms with Crippen LogP contribution in [0.4, 0.5) is 4.39 Å². The van der Waals surface area contributed by atoms with Gasteiger partial charge in [-0.05, 0) is 25.9 Å². The number of halogens is 2. The fourth-order valence-corrected chi connectivity index (χ4v) is 0.521. The van der Waals surface area contributed by atoms with Crippen LogP contribution in [-0.4, -0.2) is 19.8 Å². The molecule has 0 spiro atoms. The van der Waals surface area contributed by atoms with Gasteiger partial charge in [0.25, 0.3) is 0 Å². The Kier molecular flexibility index (Phi) is 14.6. The molecule has 0 rings (SSSR count). The topological polar surface area (TPSA) is 12.0 Å². The van der Waals surface area contributed by atoms with Gasteiger partial charge < -0.3 is 5.32 Å². The van der Waals surface area contributed by atoms with Crippen LogP contribution in [0.15, 0.2) is 0 Å². The van der Waals surface area contributed by atoms with E-state index >= 15 is 0 Å². The molecule has 9 heavy (non-hydrogen) atoms. The summed E-state index contributed by atoms with van der Waals surface area (Å²) in [6.45, 7) is 3.83. The second-order valence-electron chi connectivity index (χ2n) is 1.75. The molecule has 1 nitrogen and oxygen atoms in total. The summed E-state index contributed by atoms with van der Waals surface area (Å²) in [5.74, 6) is 0. The van der Waals surface area contributed by atoms with Gasteiger partial charge in [-0.15, -0.1) is 12.4 Å². The Hall–Kier alpha value is 0.180. The Morgan fingerprint density at radius 3 is 2.44 bits per heavy atom. The molecular formula is C6H15ClFN. The highest BCUT2D eigenvalue weighted by molar-refractivity contribution is 5.85. The van der Waals surface area contributed by atoms with Crippen LogP contribution in [0, 0.1) is 0 Å². The van der Waals surface area contributed by atoms with E-state index in [1.54, 1.807) is 0 Å². The fourth-order valence-electron chi connectivity index (χ4n) is 0.521. The third kappa shape index (κ3) is 11.6. The molecule has 0 heterocycles. The van der Waals surface area contributed by atoms with Gasteiger partial charge in [0.15, 0.2) is 0 Å². The van der Waals surface area contributed by atoms with Crippen LogP contribution in [0.3, 0.4) is 0 Å². The Morgan fingerprint density at radius 1 is 1.33 bits per heavy atom. The summed E-state index contributed by atoms with van der Waals surface area (Å²) >= 11 is 0. The van der Waals surface area contributed by atoms with E-state index in [2.05, 4.69) is 12.2 Å². The van der Waals surface area contributed by atoms with Crippen LogP contribution in [0.1, 0.15) is 19.8 Å². The van der Waals surface area contributed by atoms with Crippen molar-refractivity contribution in [3.05, 3.63) is 0 Å². The van der Waals surface area contributed by atoms with E-state index < -0.39 is 0 Å². The van der Waals surface area contributed by atoms with Gasteiger partial charge >= 0.3 is 0 Å². The van der Waals surface area contributed by atoms with E-state index in [9.17, 15) is 4.39 Å². The first-order valence-electron chi connectivity index (χ1n) is 3.18. The maximum atomic E-state index is 11.4. The highest BCUT2D eigenvalue weighted by Gasteiger charge is 1.83. The van der Waals surface area contributed by atoms with Gasteiger partial charge in [-0.2, -0.15) is 0 Å². The molecule has 0 aromatic rings. The van der Waals surface area contributed by atoms with Gasteiger partial charge in [0, 0.05) is 0 Å². The summed E-state index contributed by atoms with van der Waals surface area (Å²) in [5, 5.41) is 3.12. The maximum absolute atomic E-state index is 11.4. The van der Waals surface area contributed by atoms with Gasteiger partial charge in [-0.3, -0.25) is 4.39 Å². The molecule has 0 radical (unpaired) electrons. The SMILES string of the molecule is CCNCCCCF.Cl. The number of nitrogens with one attached hydrogen (secondary N) is 1. The van der Waals surface area contributed by atoms with Crippen molar-refractivity contribution in [1.29, 1.82) is 0 Å². The normalized spacial score (nSPS) is 8.67. The van der Waals surface area contributed by atoms with E-state index in [1.807, 2.05) is 0 Å². The summed E-state index contributed by atoms with van der Waals surface area (Å²) in [7, 11) is 0. The second kappa shape index (κ2) is 11.0. The monoisotopic (exact) mass is 155 g/mol. The molecule has 58 valence electrons. The molecule has 0 saturated heterocycles. The molecule has 0 aliphatic rings. The van der Waals surface area contributed by atoms with Crippen molar-refractivity contribution in [2.75, 3.05) is 19.8 Å². The van der Waals surface area contributed by atoms with Crippen molar-refractivity contribution in [2.45, 2.75) is 19.8 Å². The fraction of sp³-hybridized carbons (Fsp3) is 1.00. The molecule has 0 amide bonds. The average molecular weight is 156 g/mol. The largest absolute Gasteiger partial charge is 0.317 e. The molecule has 0 unspecified atom stereocenters. The minimum atomic E-state index is -0.175. The molecule has 0 bridgehead atoms. The predicted octanol–water partition coefficient (Wildman–Crippen LogP) is 1.77. The summed E-state index contributed by atoms with van der Waals surface area (Å²) in [4.78, 5) is 0. The quantitative estimate of drug-likeness (QED) is 0.597. The Bertz CT molecular complexity index is 38.0. The number of alkyl halides is 1. The Balaban J connectivity index is 0. The standard InChI is InChI=1S/C6H14FN.ClH/c1-2-8-6-4-3-5-7;/h8H,2-6H2,1H3;1H. The first-order chi connectivity index (χ1) is 3.91. The van der Waals surface area contributed by atoms with Crippen LogP contribution in [0.2, 0.25) is 0 Å². The number of unbranched alkanes of at least 4 members (excludes halogenated alkanes) is 1. The van der Waals surface area contributed by atoms with E-state index in [1.165, 1.54) is 0 Å². The molecule has 1 N–H and O–H groups in total. The average Bonchev–Trinajstić information content (AvgIpc) is 1.81.